The lowest BCUT2D eigenvalue weighted by atomic mass is 9.94. The number of halogens is 2. The van der Waals surface area contributed by atoms with Crippen LogP contribution in [0.3, 0.4) is 0 Å². The van der Waals surface area contributed by atoms with Crippen molar-refractivity contribution in [3.8, 4) is 0 Å². The van der Waals surface area contributed by atoms with Gasteiger partial charge in [-0.2, -0.15) is 0 Å². The molecule has 13 heavy (non-hydrogen) atoms. The smallest absolute Gasteiger partial charge is 0.0650 e. The van der Waals surface area contributed by atoms with Crippen molar-refractivity contribution in [2.75, 3.05) is 6.61 Å². The molecule has 0 saturated carbocycles. The number of rotatable bonds is 2. The molecule has 0 spiro atoms. The van der Waals surface area contributed by atoms with E-state index >= 15 is 0 Å². The van der Waals surface area contributed by atoms with Crippen LogP contribution in [0, 0.1) is 0 Å². The monoisotopic (exact) mass is 219 g/mol. The van der Waals surface area contributed by atoms with E-state index in [1.165, 1.54) is 0 Å². The second-order valence-corrected chi connectivity index (χ2v) is 4.04. The first-order chi connectivity index (χ1) is 5.97. The normalized spacial score (nSPS) is 15.5. The standard InChI is InChI=1S/C9H11Cl2NO/c1-9(12,5-13)7-3-2-6(10)4-8(7)11/h2-4,13H,5,12H2,1H3. The third-order valence-electron chi connectivity index (χ3n) is 1.87. The summed E-state index contributed by atoms with van der Waals surface area (Å²) in [6.07, 6.45) is 0. The number of benzene rings is 1. The largest absolute Gasteiger partial charge is 0.394 e. The maximum atomic E-state index is 9.02. The van der Waals surface area contributed by atoms with Crippen molar-refractivity contribution in [2.45, 2.75) is 12.5 Å². The highest BCUT2D eigenvalue weighted by Gasteiger charge is 2.22. The summed E-state index contributed by atoms with van der Waals surface area (Å²) in [6.45, 7) is 1.55. The van der Waals surface area contributed by atoms with Gasteiger partial charge in [-0.1, -0.05) is 29.3 Å². The Morgan fingerprint density at radius 3 is 2.54 bits per heavy atom. The Bertz CT molecular complexity index is 312. The van der Waals surface area contributed by atoms with Crippen LogP contribution in [0.5, 0.6) is 0 Å². The summed E-state index contributed by atoms with van der Waals surface area (Å²) in [5.74, 6) is 0. The molecule has 0 heterocycles. The number of hydrogen-bond acceptors (Lipinski definition) is 2. The Morgan fingerprint density at radius 1 is 1.46 bits per heavy atom. The third kappa shape index (κ3) is 2.35. The molecule has 1 atom stereocenters. The highest BCUT2D eigenvalue weighted by molar-refractivity contribution is 6.35. The molecule has 1 aromatic carbocycles. The fraction of sp³-hybridized carbons (Fsp3) is 0.333. The lowest BCUT2D eigenvalue weighted by Gasteiger charge is -2.23. The van der Waals surface area contributed by atoms with Gasteiger partial charge in [0.15, 0.2) is 0 Å². The predicted octanol–water partition coefficient (Wildman–Crippen LogP) is 2.16. The molecule has 0 aliphatic carbocycles. The minimum absolute atomic E-state index is 0.158. The Hall–Kier alpha value is -0.280. The van der Waals surface area contributed by atoms with Gasteiger partial charge in [0, 0.05) is 10.0 Å². The van der Waals surface area contributed by atoms with E-state index in [0.717, 1.165) is 0 Å². The zero-order valence-electron chi connectivity index (χ0n) is 7.22. The molecule has 0 amide bonds. The second kappa shape index (κ2) is 3.84. The number of hydrogen-bond donors (Lipinski definition) is 2. The Morgan fingerprint density at radius 2 is 2.08 bits per heavy atom. The van der Waals surface area contributed by atoms with E-state index in [9.17, 15) is 0 Å². The molecule has 4 heteroatoms. The van der Waals surface area contributed by atoms with Gasteiger partial charge < -0.3 is 10.8 Å². The van der Waals surface area contributed by atoms with Gasteiger partial charge in [-0.3, -0.25) is 0 Å². The molecule has 1 rings (SSSR count). The Balaban J connectivity index is 3.16. The molecular formula is C9H11Cl2NO. The van der Waals surface area contributed by atoms with Crippen LogP contribution in [-0.2, 0) is 5.54 Å². The first-order valence-electron chi connectivity index (χ1n) is 3.82. The molecule has 0 fully saturated rings. The van der Waals surface area contributed by atoms with E-state index in [-0.39, 0.29) is 6.61 Å². The molecule has 0 saturated heterocycles. The maximum absolute atomic E-state index is 9.02. The predicted molar refractivity (Wildman–Crippen MR) is 55.1 cm³/mol. The van der Waals surface area contributed by atoms with Crippen molar-refractivity contribution in [1.82, 2.24) is 0 Å². The summed E-state index contributed by atoms with van der Waals surface area (Å²) in [6, 6.07) is 5.03. The maximum Gasteiger partial charge on any atom is 0.0650 e. The first kappa shape index (κ1) is 10.8. The summed E-state index contributed by atoms with van der Waals surface area (Å²) in [5, 5.41) is 10.1. The fourth-order valence-electron chi connectivity index (χ4n) is 1.04. The molecule has 3 N–H and O–H groups in total. The van der Waals surface area contributed by atoms with Crippen molar-refractivity contribution in [3.63, 3.8) is 0 Å². The van der Waals surface area contributed by atoms with Crippen LogP contribution in [0.1, 0.15) is 12.5 Å². The van der Waals surface area contributed by atoms with Gasteiger partial charge in [0.25, 0.3) is 0 Å². The second-order valence-electron chi connectivity index (χ2n) is 3.20. The van der Waals surface area contributed by atoms with Crippen LogP contribution in [0.2, 0.25) is 10.0 Å². The van der Waals surface area contributed by atoms with Crippen molar-refractivity contribution < 1.29 is 5.11 Å². The third-order valence-corrected chi connectivity index (χ3v) is 2.42. The van der Waals surface area contributed by atoms with Crippen LogP contribution < -0.4 is 5.73 Å². The van der Waals surface area contributed by atoms with Crippen LogP contribution >= 0.6 is 23.2 Å². The van der Waals surface area contributed by atoms with Gasteiger partial charge in [0.1, 0.15) is 0 Å². The summed E-state index contributed by atoms with van der Waals surface area (Å²) in [5.41, 5.74) is 5.69. The number of nitrogens with two attached hydrogens (primary N) is 1. The quantitative estimate of drug-likeness (QED) is 0.802. The van der Waals surface area contributed by atoms with E-state index < -0.39 is 5.54 Å². The van der Waals surface area contributed by atoms with Gasteiger partial charge in [-0.25, -0.2) is 0 Å². The van der Waals surface area contributed by atoms with Gasteiger partial charge in [-0.15, -0.1) is 0 Å². The molecule has 1 aromatic rings. The fourth-order valence-corrected chi connectivity index (χ4v) is 1.66. The van der Waals surface area contributed by atoms with Gasteiger partial charge in [0.2, 0.25) is 0 Å². The summed E-state index contributed by atoms with van der Waals surface area (Å²) >= 11 is 11.6. The highest BCUT2D eigenvalue weighted by Crippen LogP contribution is 2.28. The van der Waals surface area contributed by atoms with E-state index in [2.05, 4.69) is 0 Å². The number of aliphatic hydroxyl groups is 1. The van der Waals surface area contributed by atoms with Crippen molar-refractivity contribution in [1.29, 1.82) is 0 Å². The van der Waals surface area contributed by atoms with Crippen LogP contribution in [0.25, 0.3) is 0 Å². The Labute approximate surface area is 87.3 Å². The number of aliphatic hydroxyl groups excluding tert-OH is 1. The highest BCUT2D eigenvalue weighted by atomic mass is 35.5. The van der Waals surface area contributed by atoms with E-state index in [0.29, 0.717) is 15.6 Å². The summed E-state index contributed by atoms with van der Waals surface area (Å²) in [4.78, 5) is 0. The topological polar surface area (TPSA) is 46.2 Å². The van der Waals surface area contributed by atoms with E-state index in [1.807, 2.05) is 0 Å². The minimum Gasteiger partial charge on any atom is -0.394 e. The molecule has 2 nitrogen and oxygen atoms in total. The van der Waals surface area contributed by atoms with Gasteiger partial charge in [-0.05, 0) is 24.6 Å². The van der Waals surface area contributed by atoms with Gasteiger partial charge in [0.05, 0.1) is 12.1 Å². The average Bonchev–Trinajstić information content (AvgIpc) is 2.03. The molecule has 0 aliphatic rings. The van der Waals surface area contributed by atoms with E-state index in [4.69, 9.17) is 34.0 Å². The zero-order chi connectivity index (χ0) is 10.1. The summed E-state index contributed by atoms with van der Waals surface area (Å²) < 4.78 is 0. The Kier molecular flexibility index (Phi) is 3.19. The lowest BCUT2D eigenvalue weighted by Crippen LogP contribution is -2.37. The molecule has 1 unspecified atom stereocenters. The summed E-state index contributed by atoms with van der Waals surface area (Å²) in [7, 11) is 0. The van der Waals surface area contributed by atoms with Crippen LogP contribution in [0.4, 0.5) is 0 Å². The zero-order valence-corrected chi connectivity index (χ0v) is 8.73. The van der Waals surface area contributed by atoms with Gasteiger partial charge >= 0.3 is 0 Å². The SMILES string of the molecule is CC(N)(CO)c1ccc(Cl)cc1Cl. The minimum atomic E-state index is -0.818. The molecular weight excluding hydrogens is 209 g/mol. The van der Waals surface area contributed by atoms with Crippen LogP contribution in [0.15, 0.2) is 18.2 Å². The van der Waals surface area contributed by atoms with E-state index in [1.54, 1.807) is 25.1 Å². The van der Waals surface area contributed by atoms with Crippen molar-refractivity contribution in [2.24, 2.45) is 5.73 Å². The molecule has 0 aliphatic heterocycles. The van der Waals surface area contributed by atoms with Crippen molar-refractivity contribution >= 4 is 23.2 Å². The molecule has 0 aromatic heterocycles. The van der Waals surface area contributed by atoms with Crippen molar-refractivity contribution in [3.05, 3.63) is 33.8 Å². The first-order valence-corrected chi connectivity index (χ1v) is 4.58. The lowest BCUT2D eigenvalue weighted by molar-refractivity contribution is 0.210. The average molecular weight is 220 g/mol. The molecule has 0 radical (unpaired) electrons. The molecule has 72 valence electrons. The van der Waals surface area contributed by atoms with Crippen LogP contribution in [-0.4, -0.2) is 11.7 Å². The molecule has 0 bridgehead atoms.